The summed E-state index contributed by atoms with van der Waals surface area (Å²) in [5.74, 6) is -0.525. The van der Waals surface area contributed by atoms with Crippen molar-refractivity contribution >= 4 is 11.8 Å². The summed E-state index contributed by atoms with van der Waals surface area (Å²) >= 11 is 0. The number of amides is 2. The first-order valence-electron chi connectivity index (χ1n) is 10.4. The molecular formula is C23H29N3O3. The van der Waals surface area contributed by atoms with Gasteiger partial charge in [-0.3, -0.25) is 14.4 Å². The number of carbonyl (C=O) groups excluding carboxylic acids is 2. The Bertz CT molecular complexity index is 935. The van der Waals surface area contributed by atoms with Crippen LogP contribution in [0.25, 0.3) is 11.3 Å². The summed E-state index contributed by atoms with van der Waals surface area (Å²) in [4.78, 5) is 42.3. The van der Waals surface area contributed by atoms with E-state index in [4.69, 9.17) is 0 Å². The van der Waals surface area contributed by atoms with Crippen molar-refractivity contribution in [2.75, 3.05) is 19.6 Å². The number of pyridine rings is 1. The number of H-pyrrole nitrogens is 1. The van der Waals surface area contributed by atoms with E-state index in [0.29, 0.717) is 25.3 Å². The Balaban J connectivity index is 1.71. The number of aromatic nitrogens is 1. The fraction of sp³-hybridized carbons (Fsp3) is 0.435. The number of likely N-dealkylation sites (tertiary alicyclic amines) is 1. The van der Waals surface area contributed by atoms with Crippen LogP contribution in [0.1, 0.15) is 48.5 Å². The van der Waals surface area contributed by atoms with Crippen LogP contribution in [0.3, 0.4) is 0 Å². The van der Waals surface area contributed by atoms with Gasteiger partial charge < -0.3 is 15.2 Å². The molecule has 2 N–H and O–H groups in total. The summed E-state index contributed by atoms with van der Waals surface area (Å²) in [6, 6.07) is 11.2. The van der Waals surface area contributed by atoms with Crippen molar-refractivity contribution in [3.63, 3.8) is 0 Å². The molecule has 1 fully saturated rings. The van der Waals surface area contributed by atoms with Crippen LogP contribution >= 0.6 is 0 Å². The van der Waals surface area contributed by atoms with Gasteiger partial charge in [-0.2, -0.15) is 0 Å². The molecule has 1 unspecified atom stereocenters. The van der Waals surface area contributed by atoms with Crippen LogP contribution in [0, 0.1) is 12.8 Å². The molecule has 2 amide bonds. The van der Waals surface area contributed by atoms with Crippen LogP contribution in [0.15, 0.2) is 41.2 Å². The molecule has 0 saturated carbocycles. The first-order valence-corrected chi connectivity index (χ1v) is 10.4. The lowest BCUT2D eigenvalue weighted by Crippen LogP contribution is -2.46. The molecule has 0 radical (unpaired) electrons. The van der Waals surface area contributed by atoms with Gasteiger partial charge in [0.1, 0.15) is 5.56 Å². The number of carbonyl (C=O) groups is 2. The van der Waals surface area contributed by atoms with Crippen LogP contribution in [0.4, 0.5) is 0 Å². The molecule has 29 heavy (non-hydrogen) atoms. The lowest BCUT2D eigenvalue weighted by Gasteiger charge is -2.32. The highest BCUT2D eigenvalue weighted by molar-refractivity contribution is 5.94. The number of aryl methyl sites for hydroxylation is 1. The van der Waals surface area contributed by atoms with E-state index in [1.165, 1.54) is 0 Å². The van der Waals surface area contributed by atoms with Gasteiger partial charge in [0.2, 0.25) is 5.91 Å². The third-order valence-electron chi connectivity index (χ3n) is 5.38. The second-order valence-corrected chi connectivity index (χ2v) is 7.72. The zero-order valence-electron chi connectivity index (χ0n) is 17.2. The first kappa shape index (κ1) is 20.8. The second kappa shape index (κ2) is 9.54. The number of benzene rings is 1. The van der Waals surface area contributed by atoms with Gasteiger partial charge in [0.05, 0.1) is 5.92 Å². The van der Waals surface area contributed by atoms with E-state index in [0.717, 1.165) is 36.8 Å². The number of piperidine rings is 1. The average molecular weight is 396 g/mol. The third-order valence-corrected chi connectivity index (χ3v) is 5.38. The fourth-order valence-corrected chi connectivity index (χ4v) is 3.70. The quantitative estimate of drug-likeness (QED) is 0.738. The second-order valence-electron chi connectivity index (χ2n) is 7.72. The highest BCUT2D eigenvalue weighted by Crippen LogP contribution is 2.20. The molecule has 1 saturated heterocycles. The lowest BCUT2D eigenvalue weighted by atomic mass is 9.96. The van der Waals surface area contributed by atoms with E-state index in [1.54, 1.807) is 17.0 Å². The first-order chi connectivity index (χ1) is 14.0. The number of unbranched alkanes of at least 4 members (excludes halogenated alkanes) is 1. The molecule has 3 rings (SSSR count). The highest BCUT2D eigenvalue weighted by atomic mass is 16.2. The Morgan fingerprint density at radius 2 is 2.07 bits per heavy atom. The van der Waals surface area contributed by atoms with Crippen molar-refractivity contribution in [3.05, 3.63) is 57.9 Å². The predicted molar refractivity (Wildman–Crippen MR) is 114 cm³/mol. The molecule has 0 spiro atoms. The van der Waals surface area contributed by atoms with E-state index in [9.17, 15) is 14.4 Å². The Morgan fingerprint density at radius 1 is 1.24 bits per heavy atom. The number of rotatable bonds is 6. The molecule has 2 aromatic rings. The van der Waals surface area contributed by atoms with Crippen molar-refractivity contribution in [2.45, 2.75) is 39.5 Å². The van der Waals surface area contributed by atoms with Crippen molar-refractivity contribution in [3.8, 4) is 11.3 Å². The van der Waals surface area contributed by atoms with Crippen molar-refractivity contribution < 1.29 is 9.59 Å². The Labute approximate surface area is 171 Å². The molecule has 1 aromatic carbocycles. The Kier molecular flexibility index (Phi) is 6.86. The SMILES string of the molecule is CCCCNC(=O)C1CCCN(C(=O)c2ccc(-c3cccc(C)c3)[nH]c2=O)C1. The molecule has 0 bridgehead atoms. The topological polar surface area (TPSA) is 82.3 Å². The summed E-state index contributed by atoms with van der Waals surface area (Å²) in [5.41, 5.74) is 2.40. The maximum Gasteiger partial charge on any atom is 0.261 e. The largest absolute Gasteiger partial charge is 0.356 e. The van der Waals surface area contributed by atoms with Gasteiger partial charge in [0, 0.05) is 25.3 Å². The van der Waals surface area contributed by atoms with Crippen LogP contribution < -0.4 is 10.9 Å². The van der Waals surface area contributed by atoms with Crippen LogP contribution in [0.2, 0.25) is 0 Å². The molecular weight excluding hydrogens is 366 g/mol. The van der Waals surface area contributed by atoms with Crippen LogP contribution in [-0.2, 0) is 4.79 Å². The summed E-state index contributed by atoms with van der Waals surface area (Å²) in [7, 11) is 0. The van der Waals surface area contributed by atoms with E-state index < -0.39 is 5.56 Å². The smallest absolute Gasteiger partial charge is 0.261 e. The number of hydrogen-bond acceptors (Lipinski definition) is 3. The summed E-state index contributed by atoms with van der Waals surface area (Å²) in [5, 5.41) is 2.95. The van der Waals surface area contributed by atoms with Gasteiger partial charge in [-0.05, 0) is 49.9 Å². The van der Waals surface area contributed by atoms with Gasteiger partial charge >= 0.3 is 0 Å². The lowest BCUT2D eigenvalue weighted by molar-refractivity contribution is -0.126. The molecule has 2 heterocycles. The number of nitrogens with one attached hydrogen (secondary N) is 2. The number of hydrogen-bond donors (Lipinski definition) is 2. The molecule has 6 heteroatoms. The Morgan fingerprint density at radius 3 is 2.79 bits per heavy atom. The molecule has 154 valence electrons. The fourth-order valence-electron chi connectivity index (χ4n) is 3.70. The van der Waals surface area contributed by atoms with Gasteiger partial charge in [0.25, 0.3) is 11.5 Å². The number of aromatic amines is 1. The maximum absolute atomic E-state index is 12.9. The van der Waals surface area contributed by atoms with Crippen LogP contribution in [0.5, 0.6) is 0 Å². The Hall–Kier alpha value is -2.89. The normalized spacial score (nSPS) is 16.5. The summed E-state index contributed by atoms with van der Waals surface area (Å²) in [6.07, 6.45) is 3.50. The minimum Gasteiger partial charge on any atom is -0.356 e. The third kappa shape index (κ3) is 5.13. The maximum atomic E-state index is 12.9. The molecule has 1 aliphatic rings. The van der Waals surface area contributed by atoms with E-state index in [-0.39, 0.29) is 23.3 Å². The van der Waals surface area contributed by atoms with Gasteiger partial charge in [0.15, 0.2) is 0 Å². The van der Waals surface area contributed by atoms with Crippen LogP contribution in [-0.4, -0.2) is 41.3 Å². The standard InChI is InChI=1S/C23H29N3O3/c1-3-4-12-24-21(27)18-9-6-13-26(15-18)23(29)19-10-11-20(25-22(19)28)17-8-5-7-16(2)14-17/h5,7-8,10-11,14,18H,3-4,6,9,12-13,15H2,1-2H3,(H,24,27)(H,25,28). The van der Waals surface area contributed by atoms with Gasteiger partial charge in [-0.1, -0.05) is 37.1 Å². The molecule has 6 nitrogen and oxygen atoms in total. The van der Waals surface area contributed by atoms with Gasteiger partial charge in [-0.15, -0.1) is 0 Å². The van der Waals surface area contributed by atoms with Gasteiger partial charge in [-0.25, -0.2) is 0 Å². The summed E-state index contributed by atoms with van der Waals surface area (Å²) in [6.45, 7) is 5.66. The minimum atomic E-state index is -0.400. The average Bonchev–Trinajstić information content (AvgIpc) is 2.73. The highest BCUT2D eigenvalue weighted by Gasteiger charge is 2.29. The molecule has 0 aliphatic carbocycles. The van der Waals surface area contributed by atoms with Crippen molar-refractivity contribution in [1.29, 1.82) is 0 Å². The monoisotopic (exact) mass is 395 g/mol. The van der Waals surface area contributed by atoms with E-state index >= 15 is 0 Å². The molecule has 1 aliphatic heterocycles. The number of nitrogens with zero attached hydrogens (tertiary/aromatic N) is 1. The zero-order chi connectivity index (χ0) is 20.8. The predicted octanol–water partition coefficient (Wildman–Crippen LogP) is 3.12. The molecule has 1 aromatic heterocycles. The van der Waals surface area contributed by atoms with Crippen molar-refractivity contribution in [1.82, 2.24) is 15.2 Å². The minimum absolute atomic E-state index is 0.000320. The van der Waals surface area contributed by atoms with Crippen molar-refractivity contribution in [2.24, 2.45) is 5.92 Å². The summed E-state index contributed by atoms with van der Waals surface area (Å²) < 4.78 is 0. The van der Waals surface area contributed by atoms with E-state index in [1.807, 2.05) is 31.2 Å². The molecule has 1 atom stereocenters. The zero-order valence-corrected chi connectivity index (χ0v) is 17.2. The van der Waals surface area contributed by atoms with E-state index in [2.05, 4.69) is 17.2 Å².